The van der Waals surface area contributed by atoms with Crippen LogP contribution in [0.3, 0.4) is 0 Å². The molecule has 0 aliphatic carbocycles. The first-order valence-corrected chi connectivity index (χ1v) is 5.28. The molecule has 1 fully saturated rings. The lowest BCUT2D eigenvalue weighted by Crippen LogP contribution is -2.45. The summed E-state index contributed by atoms with van der Waals surface area (Å²) in [5.41, 5.74) is 0. The highest BCUT2D eigenvalue weighted by Crippen LogP contribution is 2.09. The van der Waals surface area contributed by atoms with E-state index >= 15 is 0 Å². The number of rotatable bonds is 2. The van der Waals surface area contributed by atoms with Gasteiger partial charge < -0.3 is 4.74 Å². The highest BCUT2D eigenvalue weighted by atomic mass is 79.9. The number of alkyl halides is 1. The van der Waals surface area contributed by atoms with Crippen molar-refractivity contribution in [3.63, 3.8) is 0 Å². The van der Waals surface area contributed by atoms with Gasteiger partial charge in [0.15, 0.2) is 0 Å². The molecule has 1 aliphatic rings. The van der Waals surface area contributed by atoms with E-state index in [1.54, 1.807) is 0 Å². The second kappa shape index (κ2) is 4.43. The van der Waals surface area contributed by atoms with Gasteiger partial charge in [-0.05, 0) is 13.8 Å². The molecule has 1 saturated heterocycles. The van der Waals surface area contributed by atoms with E-state index in [9.17, 15) is 0 Å². The number of morpholine rings is 1. The van der Waals surface area contributed by atoms with Gasteiger partial charge in [0.2, 0.25) is 0 Å². The molecule has 0 aromatic carbocycles. The van der Waals surface area contributed by atoms with Crippen molar-refractivity contribution in [1.82, 2.24) is 4.90 Å². The lowest BCUT2D eigenvalue weighted by molar-refractivity contribution is -0.0660. The minimum absolute atomic E-state index is 0.401. The Kier molecular flexibility index (Phi) is 3.82. The fraction of sp³-hybridized carbons (Fsp3) is 1.00. The Morgan fingerprint density at radius 1 is 1.36 bits per heavy atom. The van der Waals surface area contributed by atoms with Crippen molar-refractivity contribution >= 4 is 15.9 Å². The van der Waals surface area contributed by atoms with Crippen LogP contribution in [0.1, 0.15) is 13.8 Å². The number of nitrogens with zero attached hydrogens (tertiary/aromatic N) is 1. The van der Waals surface area contributed by atoms with Crippen molar-refractivity contribution in [2.24, 2.45) is 0 Å². The van der Waals surface area contributed by atoms with Gasteiger partial charge in [0.05, 0.1) is 12.2 Å². The van der Waals surface area contributed by atoms with Crippen LogP contribution in [0.5, 0.6) is 0 Å². The fourth-order valence-corrected chi connectivity index (χ4v) is 2.09. The van der Waals surface area contributed by atoms with Crippen LogP contribution in [-0.2, 0) is 4.74 Å². The van der Waals surface area contributed by atoms with Crippen LogP contribution in [0.4, 0.5) is 0 Å². The molecule has 1 rings (SSSR count). The molecule has 2 nitrogen and oxygen atoms in total. The average molecular weight is 222 g/mol. The fourth-order valence-electron chi connectivity index (χ4n) is 1.59. The number of hydrogen-bond acceptors (Lipinski definition) is 2. The predicted octanol–water partition coefficient (Wildman–Crippen LogP) is 1.49. The number of hydrogen-bond donors (Lipinski definition) is 0. The Bertz CT molecular complexity index is 111. The summed E-state index contributed by atoms with van der Waals surface area (Å²) in [4.78, 5) is 2.44. The van der Waals surface area contributed by atoms with Gasteiger partial charge >= 0.3 is 0 Å². The van der Waals surface area contributed by atoms with E-state index in [0.29, 0.717) is 12.2 Å². The second-order valence-electron chi connectivity index (χ2n) is 3.21. The zero-order valence-corrected chi connectivity index (χ0v) is 8.80. The maximum absolute atomic E-state index is 5.61. The van der Waals surface area contributed by atoms with Crippen LogP contribution in [0.25, 0.3) is 0 Å². The summed E-state index contributed by atoms with van der Waals surface area (Å²) in [5, 5.41) is 1.06. The Morgan fingerprint density at radius 2 is 1.91 bits per heavy atom. The molecule has 0 bridgehead atoms. The van der Waals surface area contributed by atoms with Gasteiger partial charge in [0.1, 0.15) is 0 Å². The molecular weight excluding hydrogens is 206 g/mol. The van der Waals surface area contributed by atoms with Gasteiger partial charge in [0.25, 0.3) is 0 Å². The quantitative estimate of drug-likeness (QED) is 0.656. The van der Waals surface area contributed by atoms with E-state index < -0.39 is 0 Å². The van der Waals surface area contributed by atoms with Crippen molar-refractivity contribution in [3.8, 4) is 0 Å². The third kappa shape index (κ3) is 3.09. The van der Waals surface area contributed by atoms with Gasteiger partial charge in [-0.3, -0.25) is 4.90 Å². The largest absolute Gasteiger partial charge is 0.373 e. The maximum Gasteiger partial charge on any atom is 0.0678 e. The zero-order chi connectivity index (χ0) is 8.27. The summed E-state index contributed by atoms with van der Waals surface area (Å²) in [5.74, 6) is 0. The van der Waals surface area contributed by atoms with E-state index in [4.69, 9.17) is 4.74 Å². The summed E-state index contributed by atoms with van der Waals surface area (Å²) >= 11 is 3.44. The van der Waals surface area contributed by atoms with E-state index in [-0.39, 0.29) is 0 Å². The second-order valence-corrected chi connectivity index (χ2v) is 4.00. The van der Waals surface area contributed by atoms with Crippen molar-refractivity contribution in [1.29, 1.82) is 0 Å². The molecule has 0 aromatic heterocycles. The Hall–Kier alpha value is 0.400. The van der Waals surface area contributed by atoms with Crippen LogP contribution >= 0.6 is 15.9 Å². The Morgan fingerprint density at radius 3 is 2.36 bits per heavy atom. The van der Waals surface area contributed by atoms with Gasteiger partial charge in [0, 0.05) is 25.0 Å². The molecule has 66 valence electrons. The lowest BCUT2D eigenvalue weighted by Gasteiger charge is -2.34. The van der Waals surface area contributed by atoms with E-state index in [2.05, 4.69) is 34.7 Å². The highest BCUT2D eigenvalue weighted by Gasteiger charge is 2.20. The van der Waals surface area contributed by atoms with Crippen LogP contribution in [0, 0.1) is 0 Å². The van der Waals surface area contributed by atoms with Gasteiger partial charge in [-0.15, -0.1) is 0 Å². The summed E-state index contributed by atoms with van der Waals surface area (Å²) in [6.07, 6.45) is 0.801. The standard InChI is InChI=1S/C8H16BrNO/c1-7-5-10(4-3-9)6-8(2)11-7/h7-8H,3-6H2,1-2H3/t7-,8-/m1/s1. The van der Waals surface area contributed by atoms with Crippen molar-refractivity contribution in [3.05, 3.63) is 0 Å². The minimum Gasteiger partial charge on any atom is -0.373 e. The average Bonchev–Trinajstić information content (AvgIpc) is 1.85. The third-order valence-corrected chi connectivity index (χ3v) is 2.25. The van der Waals surface area contributed by atoms with E-state index in [1.807, 2.05) is 0 Å². The minimum atomic E-state index is 0.401. The first-order chi connectivity index (χ1) is 5.22. The molecule has 3 heteroatoms. The number of halogens is 1. The third-order valence-electron chi connectivity index (χ3n) is 1.90. The molecule has 2 atom stereocenters. The van der Waals surface area contributed by atoms with E-state index in [0.717, 1.165) is 25.0 Å². The first-order valence-electron chi connectivity index (χ1n) is 4.16. The Labute approximate surface area is 77.0 Å². The van der Waals surface area contributed by atoms with Gasteiger partial charge in [-0.25, -0.2) is 0 Å². The van der Waals surface area contributed by atoms with E-state index in [1.165, 1.54) is 0 Å². The molecular formula is C8H16BrNO. The first kappa shape index (κ1) is 9.49. The lowest BCUT2D eigenvalue weighted by atomic mass is 10.2. The van der Waals surface area contributed by atoms with Crippen LogP contribution in [-0.4, -0.2) is 42.1 Å². The summed E-state index contributed by atoms with van der Waals surface area (Å²) < 4.78 is 5.61. The zero-order valence-electron chi connectivity index (χ0n) is 7.22. The molecule has 1 heterocycles. The van der Waals surface area contributed by atoms with Crippen LogP contribution in [0.2, 0.25) is 0 Å². The molecule has 0 spiro atoms. The molecule has 1 aliphatic heterocycles. The smallest absolute Gasteiger partial charge is 0.0678 e. The topological polar surface area (TPSA) is 12.5 Å². The molecule has 0 saturated carbocycles. The van der Waals surface area contributed by atoms with Gasteiger partial charge in [-0.2, -0.15) is 0 Å². The molecule has 0 amide bonds. The summed E-state index contributed by atoms with van der Waals surface area (Å²) in [6.45, 7) is 7.57. The summed E-state index contributed by atoms with van der Waals surface area (Å²) in [7, 11) is 0. The SMILES string of the molecule is C[C@@H]1CN(CCBr)C[C@@H](C)O1. The van der Waals surface area contributed by atoms with Crippen molar-refractivity contribution in [2.45, 2.75) is 26.1 Å². The number of ether oxygens (including phenoxy) is 1. The Balaban J connectivity index is 2.30. The molecule has 0 N–H and O–H groups in total. The molecule has 11 heavy (non-hydrogen) atoms. The van der Waals surface area contributed by atoms with Gasteiger partial charge in [-0.1, -0.05) is 15.9 Å². The van der Waals surface area contributed by atoms with Crippen LogP contribution < -0.4 is 0 Å². The molecule has 0 aromatic rings. The van der Waals surface area contributed by atoms with Crippen molar-refractivity contribution < 1.29 is 4.74 Å². The monoisotopic (exact) mass is 221 g/mol. The highest BCUT2D eigenvalue weighted by molar-refractivity contribution is 9.09. The molecule has 0 radical (unpaired) electrons. The van der Waals surface area contributed by atoms with Crippen LogP contribution in [0.15, 0.2) is 0 Å². The molecule has 0 unspecified atom stereocenters. The van der Waals surface area contributed by atoms with Crippen molar-refractivity contribution in [2.75, 3.05) is 25.0 Å². The normalized spacial score (nSPS) is 34.1. The maximum atomic E-state index is 5.61. The summed E-state index contributed by atoms with van der Waals surface area (Å²) in [6, 6.07) is 0. The predicted molar refractivity (Wildman–Crippen MR) is 50.2 cm³/mol.